The van der Waals surface area contributed by atoms with E-state index < -0.39 is 0 Å². The van der Waals surface area contributed by atoms with E-state index in [0.717, 1.165) is 52.1 Å². The fourth-order valence-electron chi connectivity index (χ4n) is 8.58. The van der Waals surface area contributed by atoms with Crippen LogP contribution in [0, 0.1) is 0 Å². The molecule has 3 aromatic heterocycles. The van der Waals surface area contributed by atoms with Gasteiger partial charge in [0.2, 0.25) is 0 Å². The molecule has 10 aromatic rings. The maximum atomic E-state index is 5.19. The van der Waals surface area contributed by atoms with Gasteiger partial charge >= 0.3 is 0 Å². The second-order valence-electron chi connectivity index (χ2n) is 14.1. The Hall–Kier alpha value is -7.04. The number of benzene rings is 7. The van der Waals surface area contributed by atoms with Gasteiger partial charge in [0, 0.05) is 55.2 Å². The molecule has 7 aromatic carbocycles. The van der Waals surface area contributed by atoms with Crippen molar-refractivity contribution in [2.45, 2.75) is 12.8 Å². The van der Waals surface area contributed by atoms with Crippen LogP contribution in [0.2, 0.25) is 0 Å². The molecule has 3 heterocycles. The third-order valence-electron chi connectivity index (χ3n) is 11.0. The minimum absolute atomic E-state index is 0.734. The van der Waals surface area contributed by atoms with Gasteiger partial charge in [-0.25, -0.2) is 9.97 Å². The van der Waals surface area contributed by atoms with Crippen LogP contribution in [0.1, 0.15) is 17.7 Å². The summed E-state index contributed by atoms with van der Waals surface area (Å²) in [5.41, 5.74) is 15.0. The molecule has 0 fully saturated rings. The van der Waals surface area contributed by atoms with Gasteiger partial charge in [-0.05, 0) is 66.9 Å². The smallest absolute Gasteiger partial charge is 0.160 e. The first-order valence-electron chi connectivity index (χ1n) is 18.6. The van der Waals surface area contributed by atoms with E-state index >= 15 is 0 Å². The zero-order valence-electron chi connectivity index (χ0n) is 29.5. The van der Waals surface area contributed by atoms with E-state index in [1.54, 1.807) is 0 Å². The van der Waals surface area contributed by atoms with Gasteiger partial charge in [0.1, 0.15) is 0 Å². The van der Waals surface area contributed by atoms with Crippen molar-refractivity contribution in [2.24, 2.45) is 0 Å². The van der Waals surface area contributed by atoms with Crippen molar-refractivity contribution in [1.29, 1.82) is 0 Å². The third kappa shape index (κ3) is 4.77. The Bertz CT molecular complexity index is 3050. The average molecular weight is 691 g/mol. The van der Waals surface area contributed by atoms with Crippen molar-refractivity contribution in [3.63, 3.8) is 0 Å². The van der Waals surface area contributed by atoms with E-state index in [2.05, 4.69) is 167 Å². The van der Waals surface area contributed by atoms with Crippen LogP contribution in [0.3, 0.4) is 0 Å². The minimum atomic E-state index is 0.734. The molecule has 0 spiro atoms. The Morgan fingerprint density at radius 3 is 1.98 bits per heavy atom. The number of nitrogens with zero attached hydrogens (tertiary/aromatic N) is 4. The number of allylic oxidation sites excluding steroid dienone is 1. The van der Waals surface area contributed by atoms with Crippen molar-refractivity contribution in [1.82, 2.24) is 19.1 Å². The number of hydrogen-bond donors (Lipinski definition) is 0. The number of rotatable bonds is 5. The predicted octanol–water partition coefficient (Wildman–Crippen LogP) is 12.6. The summed E-state index contributed by atoms with van der Waals surface area (Å²) in [4.78, 5) is 10.2. The molecule has 1 aliphatic rings. The molecule has 54 heavy (non-hydrogen) atoms. The first kappa shape index (κ1) is 30.6. The number of aromatic nitrogens is 4. The van der Waals surface area contributed by atoms with Crippen LogP contribution in [-0.2, 0) is 6.42 Å². The van der Waals surface area contributed by atoms with Gasteiger partial charge in [0.25, 0.3) is 0 Å². The molecule has 0 aliphatic heterocycles. The van der Waals surface area contributed by atoms with Crippen LogP contribution in [0.4, 0.5) is 0 Å². The molecule has 1 aliphatic carbocycles. The van der Waals surface area contributed by atoms with E-state index in [1.165, 1.54) is 60.8 Å². The topological polar surface area (TPSA) is 35.6 Å². The van der Waals surface area contributed by atoms with Crippen LogP contribution in [-0.4, -0.2) is 19.1 Å². The van der Waals surface area contributed by atoms with Crippen LogP contribution in [0.15, 0.2) is 176 Å². The van der Waals surface area contributed by atoms with Crippen LogP contribution < -0.4 is 0 Å². The van der Waals surface area contributed by atoms with E-state index in [4.69, 9.17) is 9.97 Å². The van der Waals surface area contributed by atoms with Gasteiger partial charge in [0.05, 0.1) is 33.4 Å². The number of para-hydroxylation sites is 4. The molecule has 0 amide bonds. The minimum Gasteiger partial charge on any atom is -0.313 e. The molecule has 0 atom stereocenters. The van der Waals surface area contributed by atoms with E-state index in [-0.39, 0.29) is 0 Å². The molecule has 4 heteroatoms. The molecule has 0 bridgehead atoms. The summed E-state index contributed by atoms with van der Waals surface area (Å²) in [6, 6.07) is 60.8. The van der Waals surface area contributed by atoms with Gasteiger partial charge in [-0.15, -0.1) is 0 Å². The van der Waals surface area contributed by atoms with Crippen molar-refractivity contribution in [2.75, 3.05) is 0 Å². The Labute approximate surface area is 312 Å². The fourth-order valence-corrected chi connectivity index (χ4v) is 8.58. The number of hydrogen-bond acceptors (Lipinski definition) is 2. The molecule has 4 nitrogen and oxygen atoms in total. The van der Waals surface area contributed by atoms with E-state index in [0.29, 0.717) is 0 Å². The Morgan fingerprint density at radius 2 is 1.15 bits per heavy atom. The maximum Gasteiger partial charge on any atom is 0.160 e. The van der Waals surface area contributed by atoms with Crippen molar-refractivity contribution < 1.29 is 0 Å². The predicted molar refractivity (Wildman–Crippen MR) is 224 cm³/mol. The summed E-state index contributed by atoms with van der Waals surface area (Å²) in [5, 5.41) is 4.84. The lowest BCUT2D eigenvalue weighted by atomic mass is 9.98. The van der Waals surface area contributed by atoms with Gasteiger partial charge in [-0.3, -0.25) is 0 Å². The van der Waals surface area contributed by atoms with Crippen LogP contribution in [0.5, 0.6) is 0 Å². The molecule has 0 unspecified atom stereocenters. The van der Waals surface area contributed by atoms with Crippen LogP contribution >= 0.6 is 0 Å². The standard InChI is InChI=1S/C50H34N4/c1-2-15-33(16-3-1)50-51-43-24-9-4-23-41(43)49(52-50)35-17-14-18-36(31-35)53-45-26-11-8-22-40(45)42-32-34(29-30-48(42)53)37-19-5-10-25-44(37)54-46-27-12-6-20-38(46)39-21-7-13-28-47(39)54/h1-10,12-25,27-32H,11,26H2. The molecule has 11 rings (SSSR count). The highest BCUT2D eigenvalue weighted by molar-refractivity contribution is 6.10. The molecule has 254 valence electrons. The normalized spacial score (nSPS) is 12.6. The fraction of sp³-hybridized carbons (Fsp3) is 0.0400. The van der Waals surface area contributed by atoms with Gasteiger partial charge < -0.3 is 9.13 Å². The molecular formula is C50H34N4. The summed E-state index contributed by atoms with van der Waals surface area (Å²) >= 11 is 0. The van der Waals surface area contributed by atoms with Gasteiger partial charge in [-0.1, -0.05) is 133 Å². The van der Waals surface area contributed by atoms with Crippen molar-refractivity contribution in [3.05, 3.63) is 187 Å². The lowest BCUT2D eigenvalue weighted by molar-refractivity contribution is 0.888. The van der Waals surface area contributed by atoms with Crippen LogP contribution in [0.25, 0.3) is 94.8 Å². The zero-order valence-corrected chi connectivity index (χ0v) is 29.5. The summed E-state index contributed by atoms with van der Waals surface area (Å²) in [5.74, 6) is 0.734. The Morgan fingerprint density at radius 1 is 0.463 bits per heavy atom. The highest BCUT2D eigenvalue weighted by Gasteiger charge is 2.22. The average Bonchev–Trinajstić information content (AvgIpc) is 3.76. The third-order valence-corrected chi connectivity index (χ3v) is 11.0. The summed E-state index contributed by atoms with van der Waals surface area (Å²) in [6.07, 6.45) is 6.64. The van der Waals surface area contributed by atoms with Gasteiger partial charge in [-0.2, -0.15) is 0 Å². The summed E-state index contributed by atoms with van der Waals surface area (Å²) < 4.78 is 4.90. The van der Waals surface area contributed by atoms with E-state index in [1.807, 2.05) is 24.3 Å². The van der Waals surface area contributed by atoms with Gasteiger partial charge in [0.15, 0.2) is 5.82 Å². The first-order chi connectivity index (χ1) is 26.8. The second-order valence-corrected chi connectivity index (χ2v) is 14.1. The first-order valence-corrected chi connectivity index (χ1v) is 18.6. The molecule has 0 N–H and O–H groups in total. The maximum absolute atomic E-state index is 5.19. The van der Waals surface area contributed by atoms with Crippen molar-refractivity contribution in [3.8, 4) is 45.1 Å². The second kappa shape index (κ2) is 12.3. The SMILES string of the molecule is C1=Cc2c(n(-c3cccc(-c4nc(-c5ccccc5)nc5ccccc45)c3)c3ccc(-c4ccccc4-n4c5ccccc5c5ccccc54)cc23)CC1. The molecule has 0 saturated heterocycles. The zero-order chi connectivity index (χ0) is 35.6. The summed E-state index contributed by atoms with van der Waals surface area (Å²) in [6.45, 7) is 0. The Kier molecular flexibility index (Phi) is 6.96. The quantitative estimate of drug-likeness (QED) is 0.180. The highest BCUT2D eigenvalue weighted by Crippen LogP contribution is 2.40. The molecular weight excluding hydrogens is 657 g/mol. The monoisotopic (exact) mass is 690 g/mol. The Balaban J connectivity index is 1.08. The largest absolute Gasteiger partial charge is 0.313 e. The van der Waals surface area contributed by atoms with E-state index in [9.17, 15) is 0 Å². The lowest BCUT2D eigenvalue weighted by Crippen LogP contribution is -2.03. The number of fused-ring (bicyclic) bond motifs is 7. The molecule has 0 radical (unpaired) electrons. The highest BCUT2D eigenvalue weighted by atomic mass is 15.0. The van der Waals surface area contributed by atoms with Crippen molar-refractivity contribution >= 4 is 49.7 Å². The summed E-state index contributed by atoms with van der Waals surface area (Å²) in [7, 11) is 0. The lowest BCUT2D eigenvalue weighted by Gasteiger charge is -2.15. The molecule has 0 saturated carbocycles.